The maximum atomic E-state index is 12.8. The van der Waals surface area contributed by atoms with Gasteiger partial charge in [-0.05, 0) is 61.9 Å². The van der Waals surface area contributed by atoms with E-state index in [4.69, 9.17) is 4.74 Å². The Bertz CT molecular complexity index is 1060. The van der Waals surface area contributed by atoms with E-state index in [9.17, 15) is 9.90 Å². The van der Waals surface area contributed by atoms with Crippen molar-refractivity contribution in [3.63, 3.8) is 0 Å². The van der Waals surface area contributed by atoms with Crippen LogP contribution in [-0.4, -0.2) is 58.8 Å². The summed E-state index contributed by atoms with van der Waals surface area (Å²) in [5.74, 6) is 0.869. The van der Waals surface area contributed by atoms with Crippen molar-refractivity contribution < 1.29 is 9.84 Å². The average molecular weight is 438 g/mol. The molecule has 1 saturated heterocycles. The van der Waals surface area contributed by atoms with Gasteiger partial charge in [0.15, 0.2) is 0 Å². The molecule has 1 aliphatic heterocycles. The number of aromatic nitrogens is 3. The Morgan fingerprint density at radius 2 is 1.44 bits per heavy atom. The highest BCUT2D eigenvalue weighted by atomic mass is 16.5. The minimum Gasteiger partial charge on any atom is -0.497 e. The average Bonchev–Trinajstić information content (AvgIpc) is 3.20. The Labute approximate surface area is 188 Å². The molecule has 0 spiro atoms. The third-order valence-corrected chi connectivity index (χ3v) is 6.19. The van der Waals surface area contributed by atoms with Gasteiger partial charge in [-0.15, -0.1) is 0 Å². The molecule has 170 valence electrons. The van der Waals surface area contributed by atoms with Crippen molar-refractivity contribution in [1.82, 2.24) is 14.3 Å². The number of nitrogens with zero attached hydrogens (tertiary/aromatic N) is 5. The Morgan fingerprint density at radius 1 is 0.938 bits per heavy atom. The lowest BCUT2D eigenvalue weighted by Crippen LogP contribution is -2.46. The summed E-state index contributed by atoms with van der Waals surface area (Å²) in [5.41, 5.74) is 2.87. The standard InChI is InChI=1S/C24H31N5O3/c1-4-23(18(2)30)29-24(31)28(17-25-29)21-7-5-19(6-8-21)26-13-15-27(16-14-26)20-9-11-22(32-3)12-10-20/h5-12,17-18,23,30H,4,13-16H2,1-3H3. The van der Waals surface area contributed by atoms with Crippen LogP contribution in [0.2, 0.25) is 0 Å². The minimum atomic E-state index is -0.639. The number of piperazine rings is 1. The summed E-state index contributed by atoms with van der Waals surface area (Å²) in [7, 11) is 1.68. The number of benzene rings is 2. The molecule has 2 unspecified atom stereocenters. The van der Waals surface area contributed by atoms with Crippen LogP contribution in [0.3, 0.4) is 0 Å². The second kappa shape index (κ2) is 9.48. The Hall–Kier alpha value is -3.26. The number of aliphatic hydroxyl groups excluding tert-OH is 1. The first-order valence-electron chi connectivity index (χ1n) is 11.1. The van der Waals surface area contributed by atoms with Gasteiger partial charge in [0.25, 0.3) is 0 Å². The first-order valence-corrected chi connectivity index (χ1v) is 11.1. The van der Waals surface area contributed by atoms with Crippen molar-refractivity contribution in [3.8, 4) is 11.4 Å². The molecule has 32 heavy (non-hydrogen) atoms. The van der Waals surface area contributed by atoms with Gasteiger partial charge in [-0.1, -0.05) is 6.92 Å². The zero-order chi connectivity index (χ0) is 22.7. The van der Waals surface area contributed by atoms with Gasteiger partial charge in [-0.2, -0.15) is 5.10 Å². The number of anilines is 2. The number of rotatable bonds is 7. The van der Waals surface area contributed by atoms with E-state index < -0.39 is 6.10 Å². The highest BCUT2D eigenvalue weighted by Gasteiger charge is 2.21. The Kier molecular flexibility index (Phi) is 6.50. The molecular weight excluding hydrogens is 406 g/mol. The van der Waals surface area contributed by atoms with Gasteiger partial charge >= 0.3 is 5.69 Å². The number of methoxy groups -OCH3 is 1. The maximum Gasteiger partial charge on any atom is 0.350 e. The number of aliphatic hydroxyl groups is 1. The van der Waals surface area contributed by atoms with E-state index in [1.54, 1.807) is 14.0 Å². The zero-order valence-electron chi connectivity index (χ0n) is 18.9. The molecule has 8 nitrogen and oxygen atoms in total. The quantitative estimate of drug-likeness (QED) is 0.613. The summed E-state index contributed by atoms with van der Waals surface area (Å²) in [5, 5.41) is 14.2. The van der Waals surface area contributed by atoms with E-state index >= 15 is 0 Å². The van der Waals surface area contributed by atoms with E-state index in [1.807, 2.05) is 43.3 Å². The van der Waals surface area contributed by atoms with E-state index in [-0.39, 0.29) is 11.7 Å². The lowest BCUT2D eigenvalue weighted by Gasteiger charge is -2.37. The van der Waals surface area contributed by atoms with Gasteiger partial charge in [0.1, 0.15) is 12.1 Å². The van der Waals surface area contributed by atoms with Crippen molar-refractivity contribution >= 4 is 11.4 Å². The van der Waals surface area contributed by atoms with Crippen LogP contribution in [0.4, 0.5) is 11.4 Å². The molecular formula is C24H31N5O3. The molecule has 1 N–H and O–H groups in total. The molecule has 0 radical (unpaired) electrons. The van der Waals surface area contributed by atoms with Crippen LogP contribution < -0.4 is 20.2 Å². The third kappa shape index (κ3) is 4.36. The normalized spacial score (nSPS) is 16.1. The van der Waals surface area contributed by atoms with Gasteiger partial charge < -0.3 is 19.6 Å². The zero-order valence-corrected chi connectivity index (χ0v) is 18.9. The lowest BCUT2D eigenvalue weighted by atomic mass is 10.1. The topological polar surface area (TPSA) is 75.8 Å². The van der Waals surface area contributed by atoms with E-state index in [2.05, 4.69) is 27.0 Å². The minimum absolute atomic E-state index is 0.237. The Balaban J connectivity index is 1.42. The maximum absolute atomic E-state index is 12.8. The van der Waals surface area contributed by atoms with Gasteiger partial charge in [-0.3, -0.25) is 0 Å². The highest BCUT2D eigenvalue weighted by molar-refractivity contribution is 5.54. The molecule has 1 aromatic heterocycles. The first kappa shape index (κ1) is 22.0. The first-order chi connectivity index (χ1) is 15.5. The Morgan fingerprint density at radius 3 is 1.91 bits per heavy atom. The van der Waals surface area contributed by atoms with Crippen molar-refractivity contribution in [2.45, 2.75) is 32.4 Å². The van der Waals surface area contributed by atoms with Crippen LogP contribution >= 0.6 is 0 Å². The smallest absolute Gasteiger partial charge is 0.350 e. The fourth-order valence-electron chi connectivity index (χ4n) is 4.28. The molecule has 0 amide bonds. The highest BCUT2D eigenvalue weighted by Crippen LogP contribution is 2.23. The molecule has 0 aliphatic carbocycles. The molecule has 2 atom stereocenters. The summed E-state index contributed by atoms with van der Waals surface area (Å²) in [6.45, 7) is 7.36. The third-order valence-electron chi connectivity index (χ3n) is 6.19. The summed E-state index contributed by atoms with van der Waals surface area (Å²) < 4.78 is 8.14. The summed E-state index contributed by atoms with van der Waals surface area (Å²) in [6, 6.07) is 15.9. The summed E-state index contributed by atoms with van der Waals surface area (Å²) in [4.78, 5) is 17.5. The summed E-state index contributed by atoms with van der Waals surface area (Å²) in [6.07, 6.45) is 1.52. The van der Waals surface area contributed by atoms with Crippen LogP contribution in [0, 0.1) is 0 Å². The van der Waals surface area contributed by atoms with E-state index in [1.165, 1.54) is 21.3 Å². The van der Waals surface area contributed by atoms with E-state index in [0.29, 0.717) is 6.42 Å². The van der Waals surface area contributed by atoms with Crippen LogP contribution in [0.1, 0.15) is 26.3 Å². The molecule has 1 aliphatic rings. The molecule has 2 aromatic carbocycles. The fraction of sp³-hybridized carbons (Fsp3) is 0.417. The van der Waals surface area contributed by atoms with Crippen molar-refractivity contribution in [2.24, 2.45) is 0 Å². The summed E-state index contributed by atoms with van der Waals surface area (Å²) >= 11 is 0. The van der Waals surface area contributed by atoms with Gasteiger partial charge in [0, 0.05) is 37.6 Å². The van der Waals surface area contributed by atoms with Gasteiger partial charge in [-0.25, -0.2) is 14.0 Å². The second-order valence-electron chi connectivity index (χ2n) is 8.13. The predicted octanol–water partition coefficient (Wildman–Crippen LogP) is 2.70. The molecule has 3 aromatic rings. The van der Waals surface area contributed by atoms with E-state index in [0.717, 1.165) is 43.3 Å². The van der Waals surface area contributed by atoms with Crippen LogP contribution in [0.25, 0.3) is 5.69 Å². The SMILES string of the molecule is CCC(C(C)O)n1ncn(-c2ccc(N3CCN(c4ccc(OC)cc4)CC3)cc2)c1=O. The molecule has 1 fully saturated rings. The molecule has 8 heteroatoms. The molecule has 2 heterocycles. The fourth-order valence-corrected chi connectivity index (χ4v) is 4.28. The monoisotopic (exact) mass is 437 g/mol. The van der Waals surface area contributed by atoms with Gasteiger partial charge in [0.05, 0.1) is 24.9 Å². The van der Waals surface area contributed by atoms with Crippen molar-refractivity contribution in [2.75, 3.05) is 43.1 Å². The van der Waals surface area contributed by atoms with Crippen LogP contribution in [0.15, 0.2) is 59.7 Å². The number of hydrogen-bond acceptors (Lipinski definition) is 6. The predicted molar refractivity (Wildman–Crippen MR) is 126 cm³/mol. The van der Waals surface area contributed by atoms with Crippen LogP contribution in [0.5, 0.6) is 5.75 Å². The lowest BCUT2D eigenvalue weighted by molar-refractivity contribution is 0.118. The number of ether oxygens (including phenoxy) is 1. The molecule has 4 rings (SSSR count). The second-order valence-corrected chi connectivity index (χ2v) is 8.13. The largest absolute Gasteiger partial charge is 0.497 e. The molecule has 0 bridgehead atoms. The van der Waals surface area contributed by atoms with Gasteiger partial charge in [0.2, 0.25) is 0 Å². The van der Waals surface area contributed by atoms with Crippen molar-refractivity contribution in [1.29, 1.82) is 0 Å². The van der Waals surface area contributed by atoms with Crippen molar-refractivity contribution in [3.05, 3.63) is 65.3 Å². The molecule has 0 saturated carbocycles. The van der Waals surface area contributed by atoms with Crippen LogP contribution in [-0.2, 0) is 0 Å². The number of hydrogen-bond donors (Lipinski definition) is 1.